The van der Waals surface area contributed by atoms with Crippen LogP contribution in [0.4, 0.5) is 0 Å². The summed E-state index contributed by atoms with van der Waals surface area (Å²) >= 11 is 0. The van der Waals surface area contributed by atoms with E-state index in [1.165, 1.54) is 57.8 Å². The summed E-state index contributed by atoms with van der Waals surface area (Å²) in [6.45, 7) is 7.86. The van der Waals surface area contributed by atoms with Crippen LogP contribution in [0.5, 0.6) is 0 Å². The van der Waals surface area contributed by atoms with Crippen molar-refractivity contribution in [2.75, 3.05) is 47.1 Å². The average molecular weight is 470 g/mol. The molecule has 0 aromatic rings. The predicted octanol–water partition coefficient (Wildman–Crippen LogP) is 6.94. The molecule has 0 aliphatic heterocycles. The van der Waals surface area contributed by atoms with Crippen LogP contribution in [0.2, 0.25) is 0 Å². The van der Waals surface area contributed by atoms with Gasteiger partial charge in [-0.3, -0.25) is 4.79 Å². The Morgan fingerprint density at radius 3 is 1.88 bits per heavy atom. The van der Waals surface area contributed by atoms with Crippen LogP contribution in [0, 0.1) is 0 Å². The maximum absolute atomic E-state index is 11.8. The van der Waals surface area contributed by atoms with E-state index in [1.54, 1.807) is 0 Å². The number of unbranched alkanes of at least 4 members (excludes halogenated alkanes) is 11. The van der Waals surface area contributed by atoms with Crippen molar-refractivity contribution < 1.29 is 19.0 Å². The lowest BCUT2D eigenvalue weighted by molar-refractivity contribution is -0.142. The Hall–Kier alpha value is -0.910. The van der Waals surface area contributed by atoms with Crippen LogP contribution in [0.25, 0.3) is 0 Å². The number of hydrogen-bond acceptors (Lipinski definition) is 5. The Morgan fingerprint density at radius 1 is 0.727 bits per heavy atom. The first-order valence-electron chi connectivity index (χ1n) is 13.7. The molecule has 33 heavy (non-hydrogen) atoms. The summed E-state index contributed by atoms with van der Waals surface area (Å²) in [5, 5.41) is 0. The molecule has 0 aliphatic carbocycles. The molecule has 0 amide bonds. The number of ether oxygens (including phenoxy) is 3. The van der Waals surface area contributed by atoms with E-state index in [1.807, 2.05) is 6.08 Å². The van der Waals surface area contributed by atoms with Crippen molar-refractivity contribution in [3.63, 3.8) is 0 Å². The van der Waals surface area contributed by atoms with Crippen LogP contribution in [-0.2, 0) is 19.0 Å². The number of allylic oxidation sites excluding steroid dienone is 1. The van der Waals surface area contributed by atoms with Crippen molar-refractivity contribution in [2.45, 2.75) is 116 Å². The van der Waals surface area contributed by atoms with Gasteiger partial charge in [0.2, 0.25) is 0 Å². The summed E-state index contributed by atoms with van der Waals surface area (Å²) in [5.41, 5.74) is 0. The zero-order chi connectivity index (χ0) is 24.4. The highest BCUT2D eigenvalue weighted by molar-refractivity contribution is 5.69. The lowest BCUT2D eigenvalue weighted by atomic mass is 10.1. The average Bonchev–Trinajstić information content (AvgIpc) is 2.80. The Kier molecular flexibility index (Phi) is 25.0. The molecule has 0 aliphatic rings. The fraction of sp³-hybridized carbons (Fsp3) is 0.893. The Morgan fingerprint density at radius 2 is 1.27 bits per heavy atom. The van der Waals surface area contributed by atoms with Gasteiger partial charge in [-0.1, -0.05) is 83.8 Å². The number of esters is 1. The summed E-state index contributed by atoms with van der Waals surface area (Å²) in [5.74, 6) is -0.0936. The van der Waals surface area contributed by atoms with Gasteiger partial charge in [-0.25, -0.2) is 0 Å². The van der Waals surface area contributed by atoms with E-state index in [-0.39, 0.29) is 5.97 Å². The fourth-order valence-corrected chi connectivity index (χ4v) is 3.51. The lowest BCUT2D eigenvalue weighted by Gasteiger charge is -2.24. The molecule has 0 fully saturated rings. The molecule has 0 N–H and O–H groups in total. The summed E-state index contributed by atoms with van der Waals surface area (Å²) in [7, 11) is 4.15. The minimum Gasteiger partial charge on any atom is -0.461 e. The molecule has 1 unspecified atom stereocenters. The third kappa shape index (κ3) is 24.0. The van der Waals surface area contributed by atoms with Gasteiger partial charge in [0, 0.05) is 19.6 Å². The smallest absolute Gasteiger partial charge is 0.306 e. The molecule has 0 spiro atoms. The monoisotopic (exact) mass is 469 g/mol. The summed E-state index contributed by atoms with van der Waals surface area (Å²) < 4.78 is 17.0. The maximum atomic E-state index is 11.8. The van der Waals surface area contributed by atoms with Crippen LogP contribution in [0.3, 0.4) is 0 Å². The SMILES string of the molecule is CCCCCCCC/C=C\COC(=O)CCCCCOCC(COCCCCCC)N(C)C. The van der Waals surface area contributed by atoms with Gasteiger partial charge in [-0.15, -0.1) is 0 Å². The number of rotatable bonds is 25. The first-order chi connectivity index (χ1) is 16.1. The van der Waals surface area contributed by atoms with Crippen molar-refractivity contribution in [1.29, 1.82) is 0 Å². The summed E-state index contributed by atoms with van der Waals surface area (Å²) in [6, 6.07) is 0.292. The minimum atomic E-state index is -0.0936. The van der Waals surface area contributed by atoms with Gasteiger partial charge in [0.1, 0.15) is 6.61 Å². The molecule has 0 saturated heterocycles. The molecule has 0 heterocycles. The minimum absolute atomic E-state index is 0.0936. The highest BCUT2D eigenvalue weighted by Crippen LogP contribution is 2.07. The van der Waals surface area contributed by atoms with E-state index in [9.17, 15) is 4.79 Å². The molecule has 0 bridgehead atoms. The van der Waals surface area contributed by atoms with E-state index in [2.05, 4.69) is 38.9 Å². The summed E-state index contributed by atoms with van der Waals surface area (Å²) in [4.78, 5) is 14.0. The van der Waals surface area contributed by atoms with Gasteiger partial charge >= 0.3 is 5.97 Å². The highest BCUT2D eigenvalue weighted by atomic mass is 16.5. The van der Waals surface area contributed by atoms with Crippen LogP contribution in [0.15, 0.2) is 12.2 Å². The van der Waals surface area contributed by atoms with Gasteiger partial charge in [0.15, 0.2) is 0 Å². The molecule has 0 aromatic carbocycles. The third-order valence-electron chi connectivity index (χ3n) is 5.89. The number of carbonyl (C=O) groups is 1. The normalized spacial score (nSPS) is 12.6. The lowest BCUT2D eigenvalue weighted by Crippen LogP contribution is -2.37. The fourth-order valence-electron chi connectivity index (χ4n) is 3.51. The van der Waals surface area contributed by atoms with Crippen molar-refractivity contribution >= 4 is 5.97 Å². The second kappa shape index (κ2) is 25.7. The molecule has 196 valence electrons. The van der Waals surface area contributed by atoms with E-state index in [0.29, 0.717) is 25.7 Å². The standard InChI is InChI=1S/C28H55NO4/c1-5-7-9-11-12-13-14-15-20-24-33-28(30)21-17-16-19-23-32-26-27(29(3)4)25-31-22-18-10-8-6-2/h15,20,27H,5-14,16-19,21-26H2,1-4H3/b20-15-. The predicted molar refractivity (Wildman–Crippen MR) is 140 cm³/mol. The zero-order valence-electron chi connectivity index (χ0n) is 22.5. The Balaban J connectivity index is 3.53. The molecular formula is C28H55NO4. The molecule has 0 saturated carbocycles. The van der Waals surface area contributed by atoms with Gasteiger partial charge in [-0.2, -0.15) is 0 Å². The molecule has 0 aromatic heterocycles. The van der Waals surface area contributed by atoms with Crippen molar-refractivity contribution in [1.82, 2.24) is 4.90 Å². The van der Waals surface area contributed by atoms with Crippen molar-refractivity contribution in [3.8, 4) is 0 Å². The van der Waals surface area contributed by atoms with Crippen LogP contribution in [0.1, 0.15) is 110 Å². The largest absolute Gasteiger partial charge is 0.461 e. The molecule has 0 radical (unpaired) electrons. The third-order valence-corrected chi connectivity index (χ3v) is 5.89. The number of nitrogens with zero attached hydrogens (tertiary/aromatic N) is 1. The molecule has 5 nitrogen and oxygen atoms in total. The van der Waals surface area contributed by atoms with E-state index in [4.69, 9.17) is 14.2 Å². The van der Waals surface area contributed by atoms with Crippen molar-refractivity contribution in [3.05, 3.63) is 12.2 Å². The topological polar surface area (TPSA) is 48.0 Å². The number of hydrogen-bond donors (Lipinski definition) is 0. The first kappa shape index (κ1) is 32.1. The van der Waals surface area contributed by atoms with Gasteiger partial charge < -0.3 is 19.1 Å². The van der Waals surface area contributed by atoms with E-state index < -0.39 is 0 Å². The van der Waals surface area contributed by atoms with Crippen LogP contribution in [-0.4, -0.2) is 64.0 Å². The zero-order valence-corrected chi connectivity index (χ0v) is 22.5. The van der Waals surface area contributed by atoms with Gasteiger partial charge in [0.25, 0.3) is 0 Å². The quantitative estimate of drug-likeness (QED) is 0.0823. The molecule has 0 rings (SSSR count). The number of likely N-dealkylation sites (N-methyl/N-ethyl adjacent to an activating group) is 1. The Labute approximate surface area is 205 Å². The highest BCUT2D eigenvalue weighted by Gasteiger charge is 2.11. The van der Waals surface area contributed by atoms with Gasteiger partial charge in [0.05, 0.1) is 19.3 Å². The van der Waals surface area contributed by atoms with E-state index >= 15 is 0 Å². The molecule has 1 atom stereocenters. The number of carbonyl (C=O) groups excluding carboxylic acids is 1. The van der Waals surface area contributed by atoms with Crippen LogP contribution < -0.4 is 0 Å². The molecule has 5 heteroatoms. The second-order valence-corrected chi connectivity index (χ2v) is 9.35. The maximum Gasteiger partial charge on any atom is 0.306 e. The summed E-state index contributed by atoms with van der Waals surface area (Å²) in [6.07, 6.45) is 21.4. The molecular weight excluding hydrogens is 414 g/mol. The van der Waals surface area contributed by atoms with Crippen LogP contribution >= 0.6 is 0 Å². The second-order valence-electron chi connectivity index (χ2n) is 9.35. The first-order valence-corrected chi connectivity index (χ1v) is 13.7. The van der Waals surface area contributed by atoms with Gasteiger partial charge in [-0.05, 0) is 46.2 Å². The van der Waals surface area contributed by atoms with E-state index in [0.717, 1.165) is 51.9 Å². The Bertz CT molecular complexity index is 440. The van der Waals surface area contributed by atoms with Crippen molar-refractivity contribution in [2.24, 2.45) is 0 Å².